The predicted octanol–water partition coefficient (Wildman–Crippen LogP) is 4.14. The van der Waals surface area contributed by atoms with E-state index in [4.69, 9.17) is 0 Å². The van der Waals surface area contributed by atoms with Gasteiger partial charge in [0, 0.05) is 6.61 Å². The van der Waals surface area contributed by atoms with Crippen LogP contribution in [0.4, 0.5) is 4.39 Å². The van der Waals surface area contributed by atoms with Gasteiger partial charge in [0.2, 0.25) is 0 Å². The molecule has 0 saturated carbocycles. The van der Waals surface area contributed by atoms with Crippen LogP contribution in [0.3, 0.4) is 0 Å². The summed E-state index contributed by atoms with van der Waals surface area (Å²) in [7, 11) is 0. The summed E-state index contributed by atoms with van der Waals surface area (Å²) in [5, 5.41) is 9.66. The van der Waals surface area contributed by atoms with Crippen molar-refractivity contribution in [2.75, 3.05) is 6.61 Å². The molecule has 0 amide bonds. The topological polar surface area (TPSA) is 20.2 Å². The zero-order valence-corrected chi connectivity index (χ0v) is 13.0. The maximum absolute atomic E-state index is 13.3. The smallest absolute Gasteiger partial charge is 0.123 e. The number of rotatable bonds is 5. The normalized spacial score (nSPS) is 12.4. The minimum Gasteiger partial charge on any atom is -0.396 e. The molecule has 2 aromatic rings. The summed E-state index contributed by atoms with van der Waals surface area (Å²) in [6.45, 7) is 6.45. The van der Waals surface area contributed by atoms with Gasteiger partial charge in [0.25, 0.3) is 0 Å². The Kier molecular flexibility index (Phi) is 5.13. The number of aryl methyl sites for hydroxylation is 3. The molecule has 0 aliphatic heterocycles. The summed E-state index contributed by atoms with van der Waals surface area (Å²) in [5.41, 5.74) is 6.04. The molecule has 2 heteroatoms. The minimum absolute atomic E-state index is 0.114. The highest BCUT2D eigenvalue weighted by Gasteiger charge is 2.13. The lowest BCUT2D eigenvalue weighted by molar-refractivity contribution is 0.224. The second-order valence-electron chi connectivity index (χ2n) is 5.96. The molecular weight excluding hydrogens is 263 g/mol. The zero-order chi connectivity index (χ0) is 15.4. The van der Waals surface area contributed by atoms with E-state index in [-0.39, 0.29) is 18.3 Å². The van der Waals surface area contributed by atoms with E-state index in [2.05, 4.69) is 32.9 Å². The molecule has 112 valence electrons. The third kappa shape index (κ3) is 4.15. The molecule has 0 aromatic heterocycles. The number of aliphatic hydroxyl groups is 1. The van der Waals surface area contributed by atoms with E-state index in [0.29, 0.717) is 6.42 Å². The van der Waals surface area contributed by atoms with Crippen molar-refractivity contribution in [1.29, 1.82) is 0 Å². The lowest BCUT2D eigenvalue weighted by Crippen LogP contribution is -2.14. The van der Waals surface area contributed by atoms with Crippen LogP contribution in [0.5, 0.6) is 0 Å². The van der Waals surface area contributed by atoms with Gasteiger partial charge in [0.1, 0.15) is 5.82 Å². The first kappa shape index (κ1) is 15.7. The summed E-state index contributed by atoms with van der Waals surface area (Å²) in [6, 6.07) is 11.0. The first-order valence-corrected chi connectivity index (χ1v) is 7.41. The second-order valence-corrected chi connectivity index (χ2v) is 5.96. The Labute approximate surface area is 126 Å². The molecule has 2 rings (SSSR count). The van der Waals surface area contributed by atoms with Crippen molar-refractivity contribution < 1.29 is 9.50 Å². The van der Waals surface area contributed by atoms with Gasteiger partial charge in [-0.05, 0) is 73.9 Å². The van der Waals surface area contributed by atoms with E-state index in [1.165, 1.54) is 28.3 Å². The highest BCUT2D eigenvalue weighted by molar-refractivity contribution is 5.38. The molecule has 0 bridgehead atoms. The van der Waals surface area contributed by atoms with Crippen LogP contribution in [-0.2, 0) is 12.8 Å². The molecule has 1 atom stereocenters. The number of hydrogen-bond acceptors (Lipinski definition) is 1. The van der Waals surface area contributed by atoms with Crippen LogP contribution in [0.1, 0.15) is 27.8 Å². The van der Waals surface area contributed by atoms with E-state index in [1.54, 1.807) is 12.1 Å². The van der Waals surface area contributed by atoms with Gasteiger partial charge in [-0.1, -0.05) is 29.8 Å². The molecule has 0 fully saturated rings. The number of aliphatic hydroxyl groups excluding tert-OH is 1. The number of halogens is 1. The molecule has 1 N–H and O–H groups in total. The molecule has 0 spiro atoms. The molecular formula is C19H23FO. The van der Waals surface area contributed by atoms with Crippen molar-refractivity contribution in [3.63, 3.8) is 0 Å². The molecule has 0 aliphatic rings. The maximum Gasteiger partial charge on any atom is 0.123 e. The van der Waals surface area contributed by atoms with Crippen molar-refractivity contribution in [3.8, 4) is 0 Å². The lowest BCUT2D eigenvalue weighted by Gasteiger charge is -2.18. The van der Waals surface area contributed by atoms with Gasteiger partial charge in [-0.15, -0.1) is 0 Å². The van der Waals surface area contributed by atoms with Gasteiger partial charge in [-0.3, -0.25) is 0 Å². The van der Waals surface area contributed by atoms with Crippen molar-refractivity contribution in [2.24, 2.45) is 5.92 Å². The molecule has 2 aromatic carbocycles. The van der Waals surface area contributed by atoms with Crippen molar-refractivity contribution in [1.82, 2.24) is 0 Å². The van der Waals surface area contributed by atoms with E-state index in [9.17, 15) is 9.50 Å². The SMILES string of the molecule is Cc1cc(C)c(CC(CO)Cc2cccc(F)c2)c(C)c1. The summed E-state index contributed by atoms with van der Waals surface area (Å²) in [6.07, 6.45) is 1.52. The van der Waals surface area contributed by atoms with Gasteiger partial charge >= 0.3 is 0 Å². The lowest BCUT2D eigenvalue weighted by atomic mass is 9.88. The largest absolute Gasteiger partial charge is 0.396 e. The summed E-state index contributed by atoms with van der Waals surface area (Å²) in [5.74, 6) is -0.0983. The first-order chi connectivity index (χ1) is 9.99. The summed E-state index contributed by atoms with van der Waals surface area (Å²) < 4.78 is 13.3. The standard InChI is InChI=1S/C19H23FO/c1-13-7-14(2)19(15(3)8-13)11-17(12-21)9-16-5-4-6-18(20)10-16/h4-8,10,17,21H,9,11-12H2,1-3H3. The predicted molar refractivity (Wildman–Crippen MR) is 85.0 cm³/mol. The number of hydrogen-bond donors (Lipinski definition) is 1. The second kappa shape index (κ2) is 6.86. The molecule has 1 nitrogen and oxygen atoms in total. The third-order valence-corrected chi connectivity index (χ3v) is 4.00. The third-order valence-electron chi connectivity index (χ3n) is 4.00. The maximum atomic E-state index is 13.3. The van der Waals surface area contributed by atoms with Gasteiger partial charge in [-0.2, -0.15) is 0 Å². The van der Waals surface area contributed by atoms with Gasteiger partial charge < -0.3 is 5.11 Å². The van der Waals surface area contributed by atoms with E-state index < -0.39 is 0 Å². The number of benzene rings is 2. The van der Waals surface area contributed by atoms with Crippen molar-refractivity contribution in [2.45, 2.75) is 33.6 Å². The summed E-state index contributed by atoms with van der Waals surface area (Å²) in [4.78, 5) is 0. The Hall–Kier alpha value is -1.67. The molecule has 0 heterocycles. The molecule has 0 saturated heterocycles. The minimum atomic E-state index is -0.216. The summed E-state index contributed by atoms with van der Waals surface area (Å²) >= 11 is 0. The average molecular weight is 286 g/mol. The molecule has 0 radical (unpaired) electrons. The molecule has 21 heavy (non-hydrogen) atoms. The Morgan fingerprint density at radius 1 is 1.00 bits per heavy atom. The Morgan fingerprint density at radius 3 is 2.24 bits per heavy atom. The van der Waals surface area contributed by atoms with Crippen LogP contribution in [0.25, 0.3) is 0 Å². The fourth-order valence-electron chi connectivity index (χ4n) is 3.02. The van der Waals surface area contributed by atoms with Crippen LogP contribution >= 0.6 is 0 Å². The zero-order valence-electron chi connectivity index (χ0n) is 13.0. The van der Waals surface area contributed by atoms with Gasteiger partial charge in [-0.25, -0.2) is 4.39 Å². The average Bonchev–Trinajstić information content (AvgIpc) is 2.41. The van der Waals surface area contributed by atoms with E-state index >= 15 is 0 Å². The Morgan fingerprint density at radius 2 is 1.67 bits per heavy atom. The van der Waals surface area contributed by atoms with Crippen LogP contribution in [-0.4, -0.2) is 11.7 Å². The highest BCUT2D eigenvalue weighted by atomic mass is 19.1. The fourth-order valence-corrected chi connectivity index (χ4v) is 3.02. The van der Waals surface area contributed by atoms with Crippen LogP contribution in [0.15, 0.2) is 36.4 Å². The fraction of sp³-hybridized carbons (Fsp3) is 0.368. The Bertz CT molecular complexity index is 596. The first-order valence-electron chi connectivity index (χ1n) is 7.41. The highest BCUT2D eigenvalue weighted by Crippen LogP contribution is 2.22. The van der Waals surface area contributed by atoms with Crippen LogP contribution in [0.2, 0.25) is 0 Å². The van der Waals surface area contributed by atoms with Crippen molar-refractivity contribution >= 4 is 0 Å². The quantitative estimate of drug-likeness (QED) is 0.875. The van der Waals surface area contributed by atoms with E-state index in [1.807, 2.05) is 6.07 Å². The van der Waals surface area contributed by atoms with Gasteiger partial charge in [0.15, 0.2) is 0 Å². The van der Waals surface area contributed by atoms with Crippen LogP contribution < -0.4 is 0 Å². The Balaban J connectivity index is 2.16. The molecule has 0 aliphatic carbocycles. The van der Waals surface area contributed by atoms with Crippen LogP contribution in [0, 0.1) is 32.5 Å². The van der Waals surface area contributed by atoms with Crippen molar-refractivity contribution in [3.05, 3.63) is 70.0 Å². The molecule has 1 unspecified atom stereocenters. The van der Waals surface area contributed by atoms with Gasteiger partial charge in [0.05, 0.1) is 0 Å². The van der Waals surface area contributed by atoms with E-state index in [0.717, 1.165) is 12.0 Å². The monoisotopic (exact) mass is 286 g/mol.